The lowest BCUT2D eigenvalue weighted by atomic mass is 9.99. The molecule has 0 aliphatic heterocycles. The fraction of sp³-hybridized carbons (Fsp3) is 0.400. The molecule has 0 radical (unpaired) electrons. The van der Waals surface area contributed by atoms with Gasteiger partial charge in [0.15, 0.2) is 0 Å². The maximum atomic E-state index is 4.32. The first-order valence-corrected chi connectivity index (χ1v) is 8.25. The van der Waals surface area contributed by atoms with Crippen molar-refractivity contribution >= 4 is 11.4 Å². The molecule has 0 aromatic heterocycles. The molecule has 0 fully saturated rings. The summed E-state index contributed by atoms with van der Waals surface area (Å²) in [7, 11) is 0. The normalized spacial score (nSPS) is 14.2. The molecule has 0 amide bonds. The molecule has 0 aliphatic carbocycles. The minimum atomic E-state index is 0.596. The van der Waals surface area contributed by atoms with E-state index in [0.717, 1.165) is 24.2 Å². The average molecular weight is 294 g/mol. The SMILES string of the molecule is CCC(C)c1ccc(N=Nc2ccc(C(C)CC)cc2)cc1. The number of benzene rings is 2. The van der Waals surface area contributed by atoms with Crippen molar-refractivity contribution in [2.45, 2.75) is 52.4 Å². The molecule has 116 valence electrons. The first kappa shape index (κ1) is 16.4. The Labute approximate surface area is 134 Å². The lowest BCUT2D eigenvalue weighted by molar-refractivity contribution is 0.733. The van der Waals surface area contributed by atoms with Gasteiger partial charge in [0, 0.05) is 0 Å². The quantitative estimate of drug-likeness (QED) is 0.506. The Hall–Kier alpha value is -1.96. The van der Waals surface area contributed by atoms with E-state index in [2.05, 4.69) is 62.2 Å². The monoisotopic (exact) mass is 294 g/mol. The van der Waals surface area contributed by atoms with E-state index in [1.807, 2.05) is 24.3 Å². The topological polar surface area (TPSA) is 24.7 Å². The highest BCUT2D eigenvalue weighted by molar-refractivity contribution is 5.42. The van der Waals surface area contributed by atoms with Gasteiger partial charge < -0.3 is 0 Å². The van der Waals surface area contributed by atoms with Crippen LogP contribution in [0, 0.1) is 0 Å². The van der Waals surface area contributed by atoms with Crippen LogP contribution >= 0.6 is 0 Å². The molecule has 22 heavy (non-hydrogen) atoms. The summed E-state index contributed by atoms with van der Waals surface area (Å²) < 4.78 is 0. The number of azo groups is 1. The Bertz CT molecular complexity index is 541. The van der Waals surface area contributed by atoms with Gasteiger partial charge in [-0.15, -0.1) is 0 Å². The summed E-state index contributed by atoms with van der Waals surface area (Å²) in [5, 5.41) is 8.64. The van der Waals surface area contributed by atoms with Crippen molar-refractivity contribution in [3.63, 3.8) is 0 Å². The van der Waals surface area contributed by atoms with Gasteiger partial charge >= 0.3 is 0 Å². The van der Waals surface area contributed by atoms with Crippen LogP contribution in [0.4, 0.5) is 11.4 Å². The van der Waals surface area contributed by atoms with E-state index >= 15 is 0 Å². The van der Waals surface area contributed by atoms with Crippen molar-refractivity contribution in [2.24, 2.45) is 10.2 Å². The van der Waals surface area contributed by atoms with Crippen molar-refractivity contribution in [1.82, 2.24) is 0 Å². The van der Waals surface area contributed by atoms with Crippen LogP contribution in [0.15, 0.2) is 58.8 Å². The van der Waals surface area contributed by atoms with Crippen LogP contribution in [0.2, 0.25) is 0 Å². The third kappa shape index (κ3) is 4.27. The molecule has 2 rings (SSSR count). The molecule has 0 saturated carbocycles. The molecule has 0 saturated heterocycles. The summed E-state index contributed by atoms with van der Waals surface area (Å²) in [6.45, 7) is 8.91. The van der Waals surface area contributed by atoms with Crippen molar-refractivity contribution in [3.05, 3.63) is 59.7 Å². The van der Waals surface area contributed by atoms with Crippen molar-refractivity contribution < 1.29 is 0 Å². The van der Waals surface area contributed by atoms with Crippen LogP contribution in [0.1, 0.15) is 63.5 Å². The maximum Gasteiger partial charge on any atom is 0.0857 e. The fourth-order valence-corrected chi connectivity index (χ4v) is 2.33. The van der Waals surface area contributed by atoms with Gasteiger partial charge in [-0.2, -0.15) is 10.2 Å². The van der Waals surface area contributed by atoms with E-state index in [1.54, 1.807) is 0 Å². The summed E-state index contributed by atoms with van der Waals surface area (Å²) in [4.78, 5) is 0. The summed E-state index contributed by atoms with van der Waals surface area (Å²) >= 11 is 0. The molecule has 2 nitrogen and oxygen atoms in total. The highest BCUT2D eigenvalue weighted by Crippen LogP contribution is 2.25. The molecule has 2 atom stereocenters. The highest BCUT2D eigenvalue weighted by atomic mass is 15.1. The van der Waals surface area contributed by atoms with Crippen LogP contribution < -0.4 is 0 Å². The van der Waals surface area contributed by atoms with E-state index in [-0.39, 0.29) is 0 Å². The fourth-order valence-electron chi connectivity index (χ4n) is 2.33. The number of hydrogen-bond donors (Lipinski definition) is 0. The lowest BCUT2D eigenvalue weighted by Crippen LogP contribution is -1.89. The number of rotatable bonds is 6. The Morgan fingerprint density at radius 1 is 0.636 bits per heavy atom. The summed E-state index contributed by atoms with van der Waals surface area (Å²) in [6, 6.07) is 16.8. The predicted octanol–water partition coefficient (Wildman–Crippen LogP) is 7.13. The van der Waals surface area contributed by atoms with Crippen LogP contribution in [0.3, 0.4) is 0 Å². The zero-order valence-corrected chi connectivity index (χ0v) is 14.1. The standard InChI is InChI=1S/C20H26N2/c1-5-15(3)17-7-11-19(12-8-17)21-22-20-13-9-18(10-14-20)16(4)6-2/h7-16H,5-6H2,1-4H3. The van der Waals surface area contributed by atoms with Crippen molar-refractivity contribution in [1.29, 1.82) is 0 Å². The number of hydrogen-bond acceptors (Lipinski definition) is 2. The average Bonchev–Trinajstić information content (AvgIpc) is 2.59. The van der Waals surface area contributed by atoms with Gasteiger partial charge in [0.25, 0.3) is 0 Å². The second-order valence-corrected chi connectivity index (χ2v) is 6.00. The zero-order chi connectivity index (χ0) is 15.9. The molecule has 2 heteroatoms. The zero-order valence-electron chi connectivity index (χ0n) is 14.1. The largest absolute Gasteiger partial charge is 0.151 e. The molecule has 0 N–H and O–H groups in total. The molecule has 2 aromatic rings. The van der Waals surface area contributed by atoms with E-state index in [4.69, 9.17) is 0 Å². The number of nitrogens with zero attached hydrogens (tertiary/aromatic N) is 2. The van der Waals surface area contributed by atoms with E-state index in [1.165, 1.54) is 11.1 Å². The third-order valence-corrected chi connectivity index (χ3v) is 4.43. The summed E-state index contributed by atoms with van der Waals surface area (Å²) in [5.74, 6) is 1.19. The van der Waals surface area contributed by atoms with Crippen molar-refractivity contribution in [3.8, 4) is 0 Å². The van der Waals surface area contributed by atoms with Gasteiger partial charge in [0.1, 0.15) is 0 Å². The smallest absolute Gasteiger partial charge is 0.0857 e. The van der Waals surface area contributed by atoms with Gasteiger partial charge in [-0.1, -0.05) is 52.0 Å². The van der Waals surface area contributed by atoms with Gasteiger partial charge in [-0.25, -0.2) is 0 Å². The first-order chi connectivity index (χ1) is 10.6. The molecule has 0 heterocycles. The molecule has 0 spiro atoms. The summed E-state index contributed by atoms with van der Waals surface area (Å²) in [5.41, 5.74) is 4.52. The maximum absolute atomic E-state index is 4.32. The van der Waals surface area contributed by atoms with Crippen LogP contribution in [-0.4, -0.2) is 0 Å². The van der Waals surface area contributed by atoms with Gasteiger partial charge in [0.2, 0.25) is 0 Å². The minimum absolute atomic E-state index is 0.596. The predicted molar refractivity (Wildman–Crippen MR) is 94.5 cm³/mol. The van der Waals surface area contributed by atoms with Crippen LogP contribution in [0.5, 0.6) is 0 Å². The van der Waals surface area contributed by atoms with E-state index in [9.17, 15) is 0 Å². The molecular weight excluding hydrogens is 268 g/mol. The second-order valence-electron chi connectivity index (χ2n) is 6.00. The molecule has 0 aliphatic rings. The van der Waals surface area contributed by atoms with Gasteiger partial charge in [-0.3, -0.25) is 0 Å². The Morgan fingerprint density at radius 3 is 1.23 bits per heavy atom. The molecular formula is C20H26N2. The Kier molecular flexibility index (Phi) is 5.88. The van der Waals surface area contributed by atoms with Gasteiger partial charge in [-0.05, 0) is 60.1 Å². The summed E-state index contributed by atoms with van der Waals surface area (Å²) in [6.07, 6.45) is 2.31. The van der Waals surface area contributed by atoms with E-state index in [0.29, 0.717) is 11.8 Å². The van der Waals surface area contributed by atoms with Gasteiger partial charge in [0.05, 0.1) is 11.4 Å². The second kappa shape index (κ2) is 7.88. The third-order valence-electron chi connectivity index (χ3n) is 4.43. The van der Waals surface area contributed by atoms with E-state index < -0.39 is 0 Å². The van der Waals surface area contributed by atoms with Crippen LogP contribution in [-0.2, 0) is 0 Å². The molecule has 0 bridgehead atoms. The molecule has 2 unspecified atom stereocenters. The Balaban J connectivity index is 2.05. The highest BCUT2D eigenvalue weighted by Gasteiger charge is 2.03. The lowest BCUT2D eigenvalue weighted by Gasteiger charge is -2.08. The minimum Gasteiger partial charge on any atom is -0.151 e. The van der Waals surface area contributed by atoms with Crippen molar-refractivity contribution in [2.75, 3.05) is 0 Å². The Morgan fingerprint density at radius 2 is 0.955 bits per heavy atom. The molecule has 2 aromatic carbocycles. The first-order valence-electron chi connectivity index (χ1n) is 8.25. The van der Waals surface area contributed by atoms with Crippen LogP contribution in [0.25, 0.3) is 0 Å².